The maximum absolute atomic E-state index is 9.43. The maximum Gasteiger partial charge on any atom is 0.157 e. The van der Waals surface area contributed by atoms with E-state index in [4.69, 9.17) is 4.74 Å². The lowest BCUT2D eigenvalue weighted by Crippen LogP contribution is -2.32. The number of aliphatic hydroxyl groups is 1. The first-order chi connectivity index (χ1) is 4.93. The topological polar surface area (TPSA) is 29.5 Å². The van der Waals surface area contributed by atoms with Gasteiger partial charge in [0.05, 0.1) is 0 Å². The van der Waals surface area contributed by atoms with E-state index >= 15 is 0 Å². The molecule has 0 radical (unpaired) electrons. The predicted molar refractivity (Wildman–Crippen MR) is 46.3 cm³/mol. The second-order valence-electron chi connectivity index (χ2n) is 4.01. The van der Waals surface area contributed by atoms with Crippen LogP contribution in [0.15, 0.2) is 0 Å². The molecule has 0 aliphatic carbocycles. The van der Waals surface area contributed by atoms with E-state index in [-0.39, 0.29) is 11.3 Å². The van der Waals surface area contributed by atoms with Gasteiger partial charge in [0.2, 0.25) is 0 Å². The van der Waals surface area contributed by atoms with E-state index in [1.54, 1.807) is 7.11 Å². The minimum atomic E-state index is -0.625. The van der Waals surface area contributed by atoms with Crippen LogP contribution < -0.4 is 0 Å². The van der Waals surface area contributed by atoms with E-state index in [2.05, 4.69) is 27.7 Å². The van der Waals surface area contributed by atoms with Crippen LogP contribution in [-0.4, -0.2) is 18.5 Å². The van der Waals surface area contributed by atoms with E-state index in [1.807, 2.05) is 0 Å². The Morgan fingerprint density at radius 3 is 1.91 bits per heavy atom. The van der Waals surface area contributed by atoms with Crippen LogP contribution in [0, 0.1) is 11.3 Å². The third kappa shape index (κ3) is 3.21. The number of aliphatic hydroxyl groups excluding tert-OH is 1. The summed E-state index contributed by atoms with van der Waals surface area (Å²) >= 11 is 0. The van der Waals surface area contributed by atoms with Gasteiger partial charge in [-0.1, -0.05) is 27.7 Å². The summed E-state index contributed by atoms with van der Waals surface area (Å²) < 4.78 is 4.89. The van der Waals surface area contributed by atoms with Gasteiger partial charge in [-0.05, 0) is 11.8 Å². The molecule has 0 amide bonds. The van der Waals surface area contributed by atoms with E-state index in [9.17, 15) is 5.11 Å². The summed E-state index contributed by atoms with van der Waals surface area (Å²) in [6.07, 6.45) is 0.318. The van der Waals surface area contributed by atoms with Gasteiger partial charge in [-0.2, -0.15) is 0 Å². The Hall–Kier alpha value is -0.0800. The van der Waals surface area contributed by atoms with Gasteiger partial charge in [-0.3, -0.25) is 0 Å². The molecule has 0 aromatic carbocycles. The lowest BCUT2D eigenvalue weighted by Gasteiger charge is -2.32. The first-order valence-electron chi connectivity index (χ1n) is 4.14. The molecule has 0 aromatic rings. The Balaban J connectivity index is 4.16. The van der Waals surface area contributed by atoms with Crippen molar-refractivity contribution in [3.63, 3.8) is 0 Å². The van der Waals surface area contributed by atoms with Crippen molar-refractivity contribution in [1.82, 2.24) is 0 Å². The summed E-state index contributed by atoms with van der Waals surface area (Å²) in [4.78, 5) is 0. The molecule has 2 heteroatoms. The molecule has 1 N–H and O–H groups in total. The van der Waals surface area contributed by atoms with Gasteiger partial charge in [-0.15, -0.1) is 0 Å². The van der Waals surface area contributed by atoms with Crippen molar-refractivity contribution in [3.8, 4) is 0 Å². The van der Waals surface area contributed by atoms with Crippen molar-refractivity contribution >= 4 is 0 Å². The molecule has 0 aliphatic heterocycles. The Morgan fingerprint density at radius 2 is 1.82 bits per heavy atom. The minimum Gasteiger partial charge on any atom is -0.368 e. The van der Waals surface area contributed by atoms with Gasteiger partial charge in [0, 0.05) is 13.0 Å². The molecule has 0 aliphatic rings. The first-order valence-corrected chi connectivity index (χ1v) is 4.14. The molecule has 0 saturated heterocycles. The molecule has 0 fully saturated rings. The fourth-order valence-electron chi connectivity index (χ4n) is 1.41. The molecule has 0 rings (SSSR count). The van der Waals surface area contributed by atoms with Gasteiger partial charge in [0.25, 0.3) is 0 Å². The number of rotatable bonds is 3. The van der Waals surface area contributed by atoms with Crippen molar-refractivity contribution in [2.75, 3.05) is 7.11 Å². The average molecular weight is 160 g/mol. The summed E-state index contributed by atoms with van der Waals surface area (Å²) in [5, 5.41) is 9.43. The molecule has 68 valence electrons. The molecular formula is C9H20O2. The van der Waals surface area contributed by atoms with Crippen molar-refractivity contribution < 1.29 is 9.84 Å². The highest BCUT2D eigenvalue weighted by Crippen LogP contribution is 2.31. The monoisotopic (exact) mass is 160 g/mol. The second-order valence-corrected chi connectivity index (χ2v) is 4.01. The van der Waals surface area contributed by atoms with Crippen LogP contribution in [-0.2, 0) is 4.74 Å². The van der Waals surface area contributed by atoms with Crippen molar-refractivity contribution in [2.24, 2.45) is 11.3 Å². The van der Waals surface area contributed by atoms with Gasteiger partial charge in [0.1, 0.15) is 0 Å². The zero-order valence-electron chi connectivity index (χ0n) is 8.22. The highest BCUT2D eigenvalue weighted by atomic mass is 16.6. The van der Waals surface area contributed by atoms with E-state index < -0.39 is 6.29 Å². The third-order valence-corrected chi connectivity index (χ3v) is 2.14. The van der Waals surface area contributed by atoms with Crippen molar-refractivity contribution in [1.29, 1.82) is 0 Å². The second kappa shape index (κ2) is 4.07. The van der Waals surface area contributed by atoms with Crippen LogP contribution in [0.1, 0.15) is 34.1 Å². The molecule has 0 heterocycles. The molecule has 0 bridgehead atoms. The van der Waals surface area contributed by atoms with Crippen LogP contribution in [0.5, 0.6) is 0 Å². The van der Waals surface area contributed by atoms with Crippen LogP contribution in [0.2, 0.25) is 0 Å². The lowest BCUT2D eigenvalue weighted by molar-refractivity contribution is -0.139. The Morgan fingerprint density at radius 1 is 1.36 bits per heavy atom. The summed E-state index contributed by atoms with van der Waals surface area (Å²) in [5.41, 5.74) is 0.115. The largest absolute Gasteiger partial charge is 0.368 e. The number of hydrogen-bond donors (Lipinski definition) is 1. The molecular weight excluding hydrogens is 140 g/mol. The standard InChI is InChI=1S/C9H20O2/c1-6-7(8(10)11-5)9(2,3)4/h7-8,10H,6H2,1-5H3. The van der Waals surface area contributed by atoms with Gasteiger partial charge < -0.3 is 9.84 Å². The lowest BCUT2D eigenvalue weighted by atomic mass is 9.79. The minimum absolute atomic E-state index is 0.115. The zero-order valence-corrected chi connectivity index (χ0v) is 8.22. The molecule has 0 aromatic heterocycles. The SMILES string of the molecule is CCC(C(O)OC)C(C)(C)C. The maximum atomic E-state index is 9.43. The summed E-state index contributed by atoms with van der Waals surface area (Å²) in [6.45, 7) is 8.41. The van der Waals surface area contributed by atoms with Gasteiger partial charge >= 0.3 is 0 Å². The fourth-order valence-corrected chi connectivity index (χ4v) is 1.41. The molecule has 0 spiro atoms. The van der Waals surface area contributed by atoms with Crippen LogP contribution in [0.4, 0.5) is 0 Å². The predicted octanol–water partition coefficient (Wildman–Crippen LogP) is 2.02. The smallest absolute Gasteiger partial charge is 0.157 e. The molecule has 11 heavy (non-hydrogen) atoms. The van der Waals surface area contributed by atoms with E-state index in [1.165, 1.54) is 0 Å². The molecule has 2 unspecified atom stereocenters. The first kappa shape index (κ1) is 10.9. The number of methoxy groups -OCH3 is 1. The summed E-state index contributed by atoms with van der Waals surface area (Å²) in [5.74, 6) is 0.215. The highest BCUT2D eigenvalue weighted by Gasteiger charge is 2.29. The number of ether oxygens (including phenoxy) is 1. The summed E-state index contributed by atoms with van der Waals surface area (Å²) in [7, 11) is 1.54. The van der Waals surface area contributed by atoms with Crippen molar-refractivity contribution in [2.45, 2.75) is 40.4 Å². The van der Waals surface area contributed by atoms with Crippen LogP contribution >= 0.6 is 0 Å². The third-order valence-electron chi connectivity index (χ3n) is 2.14. The fraction of sp³-hybridized carbons (Fsp3) is 1.00. The Kier molecular flexibility index (Phi) is 4.04. The van der Waals surface area contributed by atoms with Crippen LogP contribution in [0.25, 0.3) is 0 Å². The quantitative estimate of drug-likeness (QED) is 0.640. The summed E-state index contributed by atoms with van der Waals surface area (Å²) in [6, 6.07) is 0. The molecule has 2 atom stereocenters. The normalized spacial score (nSPS) is 18.0. The van der Waals surface area contributed by atoms with E-state index in [0.29, 0.717) is 0 Å². The van der Waals surface area contributed by atoms with Gasteiger partial charge in [-0.25, -0.2) is 0 Å². The Labute approximate surface area is 69.6 Å². The van der Waals surface area contributed by atoms with Gasteiger partial charge in [0.15, 0.2) is 6.29 Å². The van der Waals surface area contributed by atoms with E-state index in [0.717, 1.165) is 6.42 Å². The Bertz CT molecular complexity index is 105. The van der Waals surface area contributed by atoms with Crippen LogP contribution in [0.3, 0.4) is 0 Å². The van der Waals surface area contributed by atoms with Crippen molar-refractivity contribution in [3.05, 3.63) is 0 Å². The highest BCUT2D eigenvalue weighted by molar-refractivity contribution is 4.74. The number of hydrogen-bond acceptors (Lipinski definition) is 2. The average Bonchev–Trinajstić information content (AvgIpc) is 1.86. The molecule has 2 nitrogen and oxygen atoms in total. The zero-order chi connectivity index (χ0) is 9.07. The molecule has 0 saturated carbocycles.